The molecule has 106 valence electrons. The molecule has 0 amide bonds. The van der Waals surface area contributed by atoms with Crippen molar-refractivity contribution in [2.75, 3.05) is 17.8 Å². The minimum Gasteiger partial charge on any atom is -0.477 e. The number of H-pyrrole nitrogens is 1. The number of hydrogen-bond acceptors (Lipinski definition) is 4. The van der Waals surface area contributed by atoms with Gasteiger partial charge in [0.05, 0.1) is 0 Å². The van der Waals surface area contributed by atoms with E-state index in [2.05, 4.69) is 21.8 Å². The molecule has 0 spiro atoms. The van der Waals surface area contributed by atoms with Crippen LogP contribution in [-0.2, 0) is 10.2 Å². The second-order valence-electron chi connectivity index (χ2n) is 4.66. The van der Waals surface area contributed by atoms with Gasteiger partial charge in [-0.1, -0.05) is 6.92 Å². The number of aromatic carboxylic acids is 1. The Bertz CT molecular complexity index is 560. The van der Waals surface area contributed by atoms with Gasteiger partial charge in [0, 0.05) is 19.2 Å². The predicted molar refractivity (Wildman–Crippen MR) is 68.1 cm³/mol. The molecule has 0 aromatic carbocycles. The molecule has 1 aromatic heterocycles. The van der Waals surface area contributed by atoms with E-state index in [1.54, 1.807) is 0 Å². The summed E-state index contributed by atoms with van der Waals surface area (Å²) in [6.45, 7) is 3.02. The van der Waals surface area contributed by atoms with Gasteiger partial charge in [-0.2, -0.15) is 17.8 Å². The first-order valence-electron chi connectivity index (χ1n) is 5.95. The van der Waals surface area contributed by atoms with Crippen molar-refractivity contribution < 1.29 is 18.3 Å². The number of aromatic amines is 1. The maximum Gasteiger partial charge on any atom is 0.353 e. The van der Waals surface area contributed by atoms with Crippen molar-refractivity contribution in [2.24, 2.45) is 5.92 Å². The van der Waals surface area contributed by atoms with Crippen molar-refractivity contribution >= 4 is 22.0 Å². The van der Waals surface area contributed by atoms with E-state index in [0.29, 0.717) is 19.0 Å². The summed E-state index contributed by atoms with van der Waals surface area (Å²) in [6.07, 6.45) is 1.64. The van der Waals surface area contributed by atoms with Crippen LogP contribution in [0.25, 0.3) is 0 Å². The lowest BCUT2D eigenvalue weighted by atomic mass is 10.0. The van der Waals surface area contributed by atoms with Crippen LogP contribution in [0, 0.1) is 5.92 Å². The lowest BCUT2D eigenvalue weighted by Gasteiger charge is -2.29. The van der Waals surface area contributed by atoms with Crippen molar-refractivity contribution in [3.05, 3.63) is 11.8 Å². The fourth-order valence-corrected chi connectivity index (χ4v) is 3.10. The molecule has 19 heavy (non-hydrogen) atoms. The van der Waals surface area contributed by atoms with Gasteiger partial charge < -0.3 is 5.11 Å². The molecule has 1 aromatic rings. The van der Waals surface area contributed by atoms with Gasteiger partial charge in [0.25, 0.3) is 0 Å². The molecular formula is C10H16N4O4S. The number of carbonyl (C=O) groups is 1. The van der Waals surface area contributed by atoms with E-state index in [4.69, 9.17) is 5.11 Å². The summed E-state index contributed by atoms with van der Waals surface area (Å²) in [5.41, 5.74) is -0.162. The Morgan fingerprint density at radius 3 is 2.68 bits per heavy atom. The average Bonchev–Trinajstić information content (AvgIpc) is 2.77. The van der Waals surface area contributed by atoms with Crippen LogP contribution in [0.2, 0.25) is 0 Å². The van der Waals surface area contributed by atoms with Crippen LogP contribution in [0.3, 0.4) is 0 Å². The molecule has 0 unspecified atom stereocenters. The zero-order valence-electron chi connectivity index (χ0n) is 10.5. The van der Waals surface area contributed by atoms with Gasteiger partial charge in [-0.05, 0) is 18.8 Å². The highest BCUT2D eigenvalue weighted by molar-refractivity contribution is 7.90. The highest BCUT2D eigenvalue weighted by atomic mass is 32.2. The van der Waals surface area contributed by atoms with Gasteiger partial charge in [-0.25, -0.2) is 4.79 Å². The van der Waals surface area contributed by atoms with E-state index >= 15 is 0 Å². The Morgan fingerprint density at radius 2 is 2.16 bits per heavy atom. The normalized spacial score (nSPS) is 18.4. The summed E-state index contributed by atoms with van der Waals surface area (Å²) < 4.78 is 27.7. The van der Waals surface area contributed by atoms with Crippen LogP contribution in [-0.4, -0.2) is 47.1 Å². The summed E-state index contributed by atoms with van der Waals surface area (Å²) in [6, 6.07) is 1.15. The van der Waals surface area contributed by atoms with E-state index in [9.17, 15) is 13.2 Å². The minimum absolute atomic E-state index is 0.0176. The van der Waals surface area contributed by atoms with Crippen LogP contribution < -0.4 is 4.72 Å². The number of rotatable bonds is 4. The highest BCUT2D eigenvalue weighted by Gasteiger charge is 2.27. The first-order chi connectivity index (χ1) is 8.88. The molecule has 2 heterocycles. The molecule has 1 fully saturated rings. The number of nitrogens with zero attached hydrogens (tertiary/aromatic N) is 2. The Kier molecular flexibility index (Phi) is 3.76. The molecule has 3 N–H and O–H groups in total. The summed E-state index contributed by atoms with van der Waals surface area (Å²) in [5, 5.41) is 14.6. The van der Waals surface area contributed by atoms with Crippen LogP contribution in [0.5, 0.6) is 0 Å². The summed E-state index contributed by atoms with van der Waals surface area (Å²) >= 11 is 0. The van der Waals surface area contributed by atoms with E-state index in [0.717, 1.165) is 18.9 Å². The van der Waals surface area contributed by atoms with Crippen molar-refractivity contribution in [2.45, 2.75) is 19.8 Å². The quantitative estimate of drug-likeness (QED) is 0.746. The molecule has 2 rings (SSSR count). The van der Waals surface area contributed by atoms with Crippen LogP contribution >= 0.6 is 0 Å². The van der Waals surface area contributed by atoms with Gasteiger partial charge in [0.2, 0.25) is 0 Å². The standard InChI is InChI=1S/C10H16N4O4S/c1-7-2-4-14(5-3-7)19(17,18)13-9-6-8(10(15)16)11-12-9/h6-7H,2-5H2,1H3,(H,15,16)(H2,11,12,13). The fourth-order valence-electron chi connectivity index (χ4n) is 1.91. The lowest BCUT2D eigenvalue weighted by Crippen LogP contribution is -2.41. The number of aromatic nitrogens is 2. The smallest absolute Gasteiger partial charge is 0.353 e. The van der Waals surface area contributed by atoms with Gasteiger partial charge in [-0.15, -0.1) is 0 Å². The fraction of sp³-hybridized carbons (Fsp3) is 0.600. The highest BCUT2D eigenvalue weighted by Crippen LogP contribution is 2.19. The number of carboxylic acid groups (broad SMARTS) is 1. The van der Waals surface area contributed by atoms with Crippen molar-refractivity contribution in [3.63, 3.8) is 0 Å². The molecule has 0 atom stereocenters. The van der Waals surface area contributed by atoms with E-state index in [-0.39, 0.29) is 11.5 Å². The molecule has 1 aliphatic rings. The SMILES string of the molecule is CC1CCN(S(=O)(=O)Nc2cc(C(=O)O)[nH]n2)CC1. The van der Waals surface area contributed by atoms with E-state index < -0.39 is 16.2 Å². The second kappa shape index (κ2) is 5.17. The van der Waals surface area contributed by atoms with Crippen molar-refractivity contribution in [3.8, 4) is 0 Å². The Hall–Kier alpha value is -1.61. The Labute approximate surface area is 111 Å². The summed E-state index contributed by atoms with van der Waals surface area (Å²) in [7, 11) is -3.66. The molecule has 0 radical (unpaired) electrons. The van der Waals surface area contributed by atoms with Gasteiger partial charge in [-0.3, -0.25) is 9.82 Å². The third kappa shape index (κ3) is 3.24. The van der Waals surface area contributed by atoms with Gasteiger partial charge >= 0.3 is 16.2 Å². The number of nitrogens with one attached hydrogen (secondary N) is 2. The predicted octanol–water partition coefficient (Wildman–Crippen LogP) is 0.496. The lowest BCUT2D eigenvalue weighted by molar-refractivity contribution is 0.0690. The molecule has 0 bridgehead atoms. The number of anilines is 1. The van der Waals surface area contributed by atoms with Crippen LogP contribution in [0.1, 0.15) is 30.3 Å². The molecule has 0 aliphatic carbocycles. The first kappa shape index (κ1) is 13.8. The van der Waals surface area contributed by atoms with Crippen LogP contribution in [0.15, 0.2) is 6.07 Å². The zero-order chi connectivity index (χ0) is 14.0. The Balaban J connectivity index is 2.06. The molecule has 0 saturated carbocycles. The molecule has 1 saturated heterocycles. The Morgan fingerprint density at radius 1 is 1.53 bits per heavy atom. The molecule has 8 nitrogen and oxygen atoms in total. The number of hydrogen-bond donors (Lipinski definition) is 3. The third-order valence-corrected chi connectivity index (χ3v) is 4.64. The van der Waals surface area contributed by atoms with Crippen molar-refractivity contribution in [1.29, 1.82) is 0 Å². The second-order valence-corrected chi connectivity index (χ2v) is 6.33. The summed E-state index contributed by atoms with van der Waals surface area (Å²) in [4.78, 5) is 10.7. The third-order valence-electron chi connectivity index (χ3n) is 3.12. The minimum atomic E-state index is -3.66. The molecule has 9 heteroatoms. The monoisotopic (exact) mass is 288 g/mol. The van der Waals surface area contributed by atoms with E-state index in [1.807, 2.05) is 0 Å². The number of carboxylic acids is 1. The zero-order valence-corrected chi connectivity index (χ0v) is 11.3. The largest absolute Gasteiger partial charge is 0.477 e. The van der Waals surface area contributed by atoms with Gasteiger partial charge in [0.1, 0.15) is 5.69 Å². The average molecular weight is 288 g/mol. The van der Waals surface area contributed by atoms with Gasteiger partial charge in [0.15, 0.2) is 5.82 Å². The number of piperidine rings is 1. The van der Waals surface area contributed by atoms with Crippen LogP contribution in [0.4, 0.5) is 5.82 Å². The maximum atomic E-state index is 12.1. The van der Waals surface area contributed by atoms with E-state index in [1.165, 1.54) is 4.31 Å². The topological polar surface area (TPSA) is 115 Å². The first-order valence-corrected chi connectivity index (χ1v) is 7.39. The molecule has 1 aliphatic heterocycles. The maximum absolute atomic E-state index is 12.1. The summed E-state index contributed by atoms with van der Waals surface area (Å²) in [5.74, 6) is -0.684. The molecular weight excluding hydrogens is 272 g/mol. The van der Waals surface area contributed by atoms with Crippen molar-refractivity contribution in [1.82, 2.24) is 14.5 Å².